The number of nitrogens with zero attached hydrogens (tertiary/aromatic N) is 4. The number of amides is 8. The van der Waals surface area contributed by atoms with Crippen LogP contribution in [0.2, 0.25) is 0 Å². The standard InChI is InChI=1S/4C18H17NO4.2Rh/c4*1-18(2,3)14(17(22)23)19-15(20)12-8-10-6-4-5-7-11(10)9-13(12)16(19)21;;/h4*4-9,14H,1-3H3,(H,22,23);;/t2*14-;;;;/m11..../s1. The molecule has 0 aromatic heterocycles. The predicted octanol–water partition coefficient (Wildman–Crippen LogP) is 11.7. The summed E-state index contributed by atoms with van der Waals surface area (Å²) in [5.74, 6) is -9.08. The zero-order chi connectivity index (χ0) is 67.8. The van der Waals surface area contributed by atoms with Crippen LogP contribution in [0.4, 0.5) is 0 Å². The Hall–Kier alpha value is -9.51. The van der Waals surface area contributed by atoms with Crippen molar-refractivity contribution in [3.05, 3.63) is 190 Å². The summed E-state index contributed by atoms with van der Waals surface area (Å²) in [7, 11) is 0. The minimum absolute atomic E-state index is 0. The predicted molar refractivity (Wildman–Crippen MR) is 341 cm³/mol. The summed E-state index contributed by atoms with van der Waals surface area (Å²) in [6.07, 6.45) is 0. The van der Waals surface area contributed by atoms with E-state index < -0.39 is 117 Å². The van der Waals surface area contributed by atoms with E-state index in [2.05, 4.69) is 0 Å². The molecule has 0 spiro atoms. The molecule has 0 saturated heterocycles. The first-order valence-electron chi connectivity index (χ1n) is 29.4. The molecule has 4 N–H and O–H groups in total. The monoisotopic (exact) mass is 1450 g/mol. The van der Waals surface area contributed by atoms with Gasteiger partial charge in [-0.05, 0) is 113 Å². The van der Waals surface area contributed by atoms with E-state index in [-0.39, 0.29) is 83.5 Å². The van der Waals surface area contributed by atoms with Gasteiger partial charge < -0.3 is 20.4 Å². The van der Waals surface area contributed by atoms with E-state index in [0.717, 1.165) is 62.7 Å². The van der Waals surface area contributed by atoms with Crippen LogP contribution in [-0.2, 0) is 58.1 Å². The van der Waals surface area contributed by atoms with E-state index >= 15 is 0 Å². The molecule has 22 heteroatoms. The van der Waals surface area contributed by atoms with Gasteiger partial charge in [0, 0.05) is 39.0 Å². The van der Waals surface area contributed by atoms with E-state index in [4.69, 9.17) is 0 Å². The second kappa shape index (κ2) is 26.5. The van der Waals surface area contributed by atoms with Crippen LogP contribution in [0.5, 0.6) is 0 Å². The van der Waals surface area contributed by atoms with E-state index in [1.165, 1.54) is 0 Å². The molecule has 20 nitrogen and oxygen atoms in total. The Labute approximate surface area is 566 Å². The normalized spacial score (nSPS) is 15.5. The molecular weight excluding hydrogens is 1380 g/mol. The van der Waals surface area contributed by atoms with Crippen LogP contribution in [0.25, 0.3) is 43.1 Å². The SMILES string of the molecule is CC(C)(C)C(C(=O)O)N1C(=O)c2cc3ccccc3cc2C1=O.CC(C)(C)C(C(=O)O)N1C(=O)c2cc3ccccc3cc2C1=O.CC(C)(C)[C@@H](C(=O)O)N1C(=O)c2cc3ccccc3cc2C1=O.CC(C)(C)[C@@H](C(=O)O)N1C(=O)c2cc3ccccc3cc2C1=O.[Rh].[Rh]. The average molecular weight is 1450 g/mol. The fourth-order valence-corrected chi connectivity index (χ4v) is 12.2. The molecule has 4 aliphatic heterocycles. The quantitative estimate of drug-likeness (QED) is 0.0812. The molecule has 4 heterocycles. The Morgan fingerprint density at radius 2 is 0.362 bits per heavy atom. The fourth-order valence-electron chi connectivity index (χ4n) is 12.2. The second-order valence-corrected chi connectivity index (χ2v) is 27.3. The van der Waals surface area contributed by atoms with E-state index in [9.17, 15) is 78.0 Å². The number of carboxylic acid groups (broad SMARTS) is 4. The van der Waals surface area contributed by atoms with Crippen LogP contribution in [0.15, 0.2) is 146 Å². The largest absolute Gasteiger partial charge is 0.480 e. The molecule has 2 unspecified atom stereocenters. The van der Waals surface area contributed by atoms with Crippen molar-refractivity contribution in [2.24, 2.45) is 21.7 Å². The number of carbonyl (C=O) groups excluding carboxylic acids is 8. The van der Waals surface area contributed by atoms with Gasteiger partial charge in [-0.2, -0.15) is 0 Å². The van der Waals surface area contributed by atoms with Crippen molar-refractivity contribution >= 4 is 114 Å². The fraction of sp³-hybridized carbons (Fsp3) is 0.278. The number of rotatable bonds is 8. The van der Waals surface area contributed by atoms with Gasteiger partial charge in [0.25, 0.3) is 47.3 Å². The first kappa shape index (κ1) is 71.9. The van der Waals surface area contributed by atoms with Crippen molar-refractivity contribution in [3.63, 3.8) is 0 Å². The maximum Gasteiger partial charge on any atom is 0.327 e. The first-order chi connectivity index (χ1) is 42.9. The maximum atomic E-state index is 12.7. The Morgan fingerprint density at radius 1 is 0.255 bits per heavy atom. The summed E-state index contributed by atoms with van der Waals surface area (Å²) < 4.78 is 0. The molecule has 0 saturated carbocycles. The Bertz CT molecular complexity index is 3760. The Kier molecular flexibility index (Phi) is 20.3. The van der Waals surface area contributed by atoms with Crippen LogP contribution in [-0.4, -0.2) is 135 Å². The third-order valence-corrected chi connectivity index (χ3v) is 16.4. The molecule has 4 atom stereocenters. The van der Waals surface area contributed by atoms with Crippen LogP contribution in [0.3, 0.4) is 0 Å². The molecule has 8 amide bonds. The van der Waals surface area contributed by atoms with Gasteiger partial charge in [0.2, 0.25) is 0 Å². The summed E-state index contributed by atoms with van der Waals surface area (Å²) >= 11 is 0. The van der Waals surface area contributed by atoms with Gasteiger partial charge in [-0.3, -0.25) is 58.0 Å². The van der Waals surface area contributed by atoms with Crippen molar-refractivity contribution < 1.29 is 117 Å². The van der Waals surface area contributed by atoms with E-state index in [1.807, 2.05) is 97.1 Å². The Balaban J connectivity index is 0.000000176. The van der Waals surface area contributed by atoms with Crippen molar-refractivity contribution in [1.82, 2.24) is 19.6 Å². The first-order valence-corrected chi connectivity index (χ1v) is 29.4. The summed E-state index contributed by atoms with van der Waals surface area (Å²) in [5, 5.41) is 44.9. The maximum absolute atomic E-state index is 12.7. The zero-order valence-electron chi connectivity index (χ0n) is 53.3. The van der Waals surface area contributed by atoms with Crippen LogP contribution in [0, 0.1) is 21.7 Å². The number of benzene rings is 8. The molecular formula is C72H68N4O16Rh2. The Morgan fingerprint density at radius 3 is 0.447 bits per heavy atom. The van der Waals surface area contributed by atoms with Crippen molar-refractivity contribution in [1.29, 1.82) is 0 Å². The van der Waals surface area contributed by atoms with Crippen molar-refractivity contribution in [2.75, 3.05) is 0 Å². The number of carboxylic acids is 4. The van der Waals surface area contributed by atoms with Gasteiger partial charge in [-0.1, -0.05) is 180 Å². The van der Waals surface area contributed by atoms with Gasteiger partial charge in [0.05, 0.1) is 44.5 Å². The molecule has 12 rings (SSSR count). The van der Waals surface area contributed by atoms with Gasteiger partial charge in [-0.25, -0.2) is 19.2 Å². The second-order valence-electron chi connectivity index (χ2n) is 27.3. The molecule has 0 aliphatic carbocycles. The summed E-state index contributed by atoms with van der Waals surface area (Å²) in [6.45, 7) is 20.4. The van der Waals surface area contributed by atoms with Gasteiger partial charge >= 0.3 is 23.9 Å². The third kappa shape index (κ3) is 13.4. The van der Waals surface area contributed by atoms with Crippen LogP contribution in [0.1, 0.15) is 166 Å². The van der Waals surface area contributed by atoms with Gasteiger partial charge in [0.1, 0.15) is 24.2 Å². The topological polar surface area (TPSA) is 299 Å². The molecule has 94 heavy (non-hydrogen) atoms. The third-order valence-electron chi connectivity index (χ3n) is 16.4. The summed E-state index contributed by atoms with van der Waals surface area (Å²) in [6, 6.07) is 38.1. The summed E-state index contributed by atoms with van der Waals surface area (Å²) in [4.78, 5) is 152. The minimum Gasteiger partial charge on any atom is -0.480 e. The number of fused-ring (bicyclic) bond motifs is 8. The van der Waals surface area contributed by atoms with Crippen LogP contribution < -0.4 is 0 Å². The number of imide groups is 4. The molecule has 8 aromatic carbocycles. The van der Waals surface area contributed by atoms with Crippen molar-refractivity contribution in [2.45, 2.75) is 107 Å². The summed E-state index contributed by atoms with van der Waals surface area (Å²) in [5.41, 5.74) is -0.919. The van der Waals surface area contributed by atoms with Gasteiger partial charge in [0.15, 0.2) is 0 Å². The smallest absolute Gasteiger partial charge is 0.327 e. The van der Waals surface area contributed by atoms with Crippen LogP contribution >= 0.6 is 0 Å². The average Bonchev–Trinajstić information content (AvgIpc) is 1.62. The molecule has 490 valence electrons. The van der Waals surface area contributed by atoms with Gasteiger partial charge in [-0.15, -0.1) is 0 Å². The molecule has 4 aliphatic rings. The number of hydrogen-bond acceptors (Lipinski definition) is 12. The molecule has 8 aromatic rings. The minimum atomic E-state index is -1.21. The van der Waals surface area contributed by atoms with E-state index in [1.54, 1.807) is 132 Å². The molecule has 2 radical (unpaired) electrons. The molecule has 0 bridgehead atoms. The van der Waals surface area contributed by atoms with E-state index in [0.29, 0.717) is 0 Å². The number of aliphatic carboxylic acids is 4. The van der Waals surface area contributed by atoms with Crippen molar-refractivity contribution in [3.8, 4) is 0 Å². The zero-order valence-corrected chi connectivity index (χ0v) is 56.6. The number of carbonyl (C=O) groups is 12. The molecule has 0 fully saturated rings. The number of hydrogen-bond donors (Lipinski definition) is 4.